The molecule has 0 saturated carbocycles. The van der Waals surface area contributed by atoms with Crippen molar-refractivity contribution in [2.45, 2.75) is 31.7 Å². The Bertz CT molecular complexity index is 1380. The molecule has 0 spiro atoms. The van der Waals surface area contributed by atoms with Crippen LogP contribution in [-0.4, -0.2) is 65.5 Å². The van der Waals surface area contributed by atoms with Gasteiger partial charge in [-0.25, -0.2) is 27.3 Å². The van der Waals surface area contributed by atoms with Gasteiger partial charge in [0, 0.05) is 44.6 Å². The maximum absolute atomic E-state index is 14.2. The Morgan fingerprint density at radius 3 is 2.27 bits per heavy atom. The molecule has 11 heteroatoms. The fraction of sp³-hybridized carbons (Fsp3) is 0.367. The largest absolute Gasteiger partial charge is 0.415 e. The maximum atomic E-state index is 14.2. The van der Waals surface area contributed by atoms with Gasteiger partial charge >= 0.3 is 6.09 Å². The quantitative estimate of drug-likeness (QED) is 0.373. The van der Waals surface area contributed by atoms with Crippen LogP contribution in [0.5, 0.6) is 5.75 Å². The van der Waals surface area contributed by atoms with E-state index in [9.17, 15) is 27.2 Å². The molecular weight excluding hydrogens is 540 g/mol. The number of nitrogens with zero attached hydrogens (tertiary/aromatic N) is 4. The number of pyridine rings is 1. The molecule has 2 unspecified atom stereocenters. The molecule has 1 aromatic heterocycles. The van der Waals surface area contributed by atoms with Crippen LogP contribution in [0.15, 0.2) is 60.8 Å². The van der Waals surface area contributed by atoms with Gasteiger partial charge < -0.3 is 19.4 Å². The third kappa shape index (κ3) is 6.28. The number of amides is 2. The minimum absolute atomic E-state index is 0.0743. The molecular formula is C30H30F4N4O3. The molecule has 0 bridgehead atoms. The number of anilines is 1. The number of hydrogen-bond donors (Lipinski definition) is 0. The molecule has 2 fully saturated rings. The Hall–Kier alpha value is -4.15. The van der Waals surface area contributed by atoms with Crippen molar-refractivity contribution in [3.63, 3.8) is 0 Å². The van der Waals surface area contributed by atoms with Crippen LogP contribution in [0.1, 0.15) is 31.2 Å². The Morgan fingerprint density at radius 2 is 1.63 bits per heavy atom. The molecule has 2 saturated heterocycles. The smallest absolute Gasteiger partial charge is 0.410 e. The van der Waals surface area contributed by atoms with Crippen molar-refractivity contribution in [3.05, 3.63) is 89.6 Å². The number of piperidine rings is 1. The number of aromatic nitrogens is 1. The molecule has 2 aliphatic rings. The number of carbonyl (C=O) groups is 2. The molecule has 7 nitrogen and oxygen atoms in total. The minimum Gasteiger partial charge on any atom is -0.410 e. The molecule has 41 heavy (non-hydrogen) atoms. The van der Waals surface area contributed by atoms with Crippen molar-refractivity contribution in [1.82, 2.24) is 14.8 Å². The van der Waals surface area contributed by atoms with E-state index in [1.807, 2.05) is 4.90 Å². The predicted octanol–water partition coefficient (Wildman–Crippen LogP) is 5.37. The van der Waals surface area contributed by atoms with Crippen LogP contribution >= 0.6 is 0 Å². The van der Waals surface area contributed by atoms with Crippen LogP contribution in [0, 0.1) is 29.2 Å². The van der Waals surface area contributed by atoms with E-state index in [4.69, 9.17) is 4.74 Å². The highest BCUT2D eigenvalue weighted by molar-refractivity contribution is 5.80. The molecule has 216 valence electrons. The Kier molecular flexibility index (Phi) is 8.41. The third-order valence-electron chi connectivity index (χ3n) is 7.85. The van der Waals surface area contributed by atoms with Gasteiger partial charge in [0.1, 0.15) is 23.2 Å². The van der Waals surface area contributed by atoms with Crippen LogP contribution in [0.2, 0.25) is 0 Å². The third-order valence-corrected chi connectivity index (χ3v) is 7.85. The SMILES string of the molecule is CCN(C(=O)Oc1ccc(F)cc1)C1CN(C(=O)C2CCN(c3ccc(F)cn3)CC2)CC1c1ccc(F)c(F)c1. The summed E-state index contributed by atoms with van der Waals surface area (Å²) in [5.74, 6) is -2.90. The van der Waals surface area contributed by atoms with E-state index >= 15 is 0 Å². The fourth-order valence-corrected chi connectivity index (χ4v) is 5.68. The van der Waals surface area contributed by atoms with E-state index in [0.717, 1.165) is 18.3 Å². The highest BCUT2D eigenvalue weighted by Gasteiger charge is 2.43. The molecule has 2 atom stereocenters. The highest BCUT2D eigenvalue weighted by Crippen LogP contribution is 2.35. The molecule has 2 amide bonds. The first-order chi connectivity index (χ1) is 19.7. The molecule has 3 aromatic rings. The molecule has 5 rings (SSSR count). The second kappa shape index (κ2) is 12.2. The summed E-state index contributed by atoms with van der Waals surface area (Å²) in [5, 5.41) is 0. The minimum atomic E-state index is -1.01. The van der Waals surface area contributed by atoms with Gasteiger partial charge in [0.25, 0.3) is 0 Å². The number of rotatable bonds is 6. The second-order valence-corrected chi connectivity index (χ2v) is 10.3. The molecule has 0 N–H and O–H groups in total. The van der Waals surface area contributed by atoms with Crippen molar-refractivity contribution >= 4 is 17.8 Å². The van der Waals surface area contributed by atoms with Gasteiger partial charge in [-0.3, -0.25) is 4.79 Å². The Morgan fingerprint density at radius 1 is 0.927 bits per heavy atom. The molecule has 3 heterocycles. The number of halogens is 4. The van der Waals surface area contributed by atoms with Crippen molar-refractivity contribution in [2.24, 2.45) is 5.92 Å². The molecule has 2 aliphatic heterocycles. The van der Waals surface area contributed by atoms with E-state index in [0.29, 0.717) is 37.3 Å². The number of hydrogen-bond acceptors (Lipinski definition) is 5. The normalized spacial score (nSPS) is 19.3. The zero-order chi connectivity index (χ0) is 29.1. The molecule has 2 aromatic carbocycles. The van der Waals surface area contributed by atoms with E-state index in [1.54, 1.807) is 17.9 Å². The summed E-state index contributed by atoms with van der Waals surface area (Å²) in [7, 11) is 0. The van der Waals surface area contributed by atoms with Crippen LogP contribution in [0.4, 0.5) is 28.2 Å². The molecule has 0 radical (unpaired) electrons. The zero-order valence-electron chi connectivity index (χ0n) is 22.5. The summed E-state index contributed by atoms with van der Waals surface area (Å²) in [4.78, 5) is 36.2. The lowest BCUT2D eigenvalue weighted by atomic mass is 9.93. The summed E-state index contributed by atoms with van der Waals surface area (Å²) in [6.07, 6.45) is 1.61. The monoisotopic (exact) mass is 570 g/mol. The number of likely N-dealkylation sites (tertiary alicyclic amines) is 1. The summed E-state index contributed by atoms with van der Waals surface area (Å²) >= 11 is 0. The second-order valence-electron chi connectivity index (χ2n) is 10.3. The summed E-state index contributed by atoms with van der Waals surface area (Å²) < 4.78 is 60.1. The van der Waals surface area contributed by atoms with Crippen LogP contribution in [-0.2, 0) is 4.79 Å². The number of likely N-dealkylation sites (N-methyl/N-ethyl adjacent to an activating group) is 1. The van der Waals surface area contributed by atoms with E-state index in [-0.39, 0.29) is 37.2 Å². The van der Waals surface area contributed by atoms with Gasteiger partial charge in [0.2, 0.25) is 5.91 Å². The first-order valence-corrected chi connectivity index (χ1v) is 13.6. The van der Waals surface area contributed by atoms with Gasteiger partial charge in [0.05, 0.1) is 12.2 Å². The van der Waals surface area contributed by atoms with Crippen molar-refractivity contribution in [2.75, 3.05) is 37.6 Å². The van der Waals surface area contributed by atoms with Crippen LogP contribution in [0.3, 0.4) is 0 Å². The topological polar surface area (TPSA) is 66.0 Å². The number of ether oxygens (including phenoxy) is 1. The number of benzene rings is 2. The van der Waals surface area contributed by atoms with Crippen LogP contribution < -0.4 is 9.64 Å². The lowest BCUT2D eigenvalue weighted by Gasteiger charge is -2.34. The van der Waals surface area contributed by atoms with Gasteiger partial charge in [-0.1, -0.05) is 6.07 Å². The van der Waals surface area contributed by atoms with E-state index < -0.39 is 41.3 Å². The van der Waals surface area contributed by atoms with Gasteiger partial charge in [-0.15, -0.1) is 0 Å². The predicted molar refractivity (Wildman–Crippen MR) is 143 cm³/mol. The van der Waals surface area contributed by atoms with Gasteiger partial charge in [0.15, 0.2) is 11.6 Å². The van der Waals surface area contributed by atoms with E-state index in [2.05, 4.69) is 4.98 Å². The summed E-state index contributed by atoms with van der Waals surface area (Å²) in [5.41, 5.74) is 0.467. The van der Waals surface area contributed by atoms with Crippen molar-refractivity contribution in [3.8, 4) is 5.75 Å². The van der Waals surface area contributed by atoms with Crippen molar-refractivity contribution < 1.29 is 31.9 Å². The molecule has 0 aliphatic carbocycles. The number of carbonyl (C=O) groups excluding carboxylic acids is 2. The summed E-state index contributed by atoms with van der Waals surface area (Å²) in [6, 6.07) is 11.0. The lowest BCUT2D eigenvalue weighted by Crippen LogP contribution is -2.47. The van der Waals surface area contributed by atoms with Gasteiger partial charge in [-0.05, 0) is 73.9 Å². The Balaban J connectivity index is 1.33. The maximum Gasteiger partial charge on any atom is 0.415 e. The van der Waals surface area contributed by atoms with Crippen molar-refractivity contribution in [1.29, 1.82) is 0 Å². The summed E-state index contributed by atoms with van der Waals surface area (Å²) in [6.45, 7) is 3.55. The average Bonchev–Trinajstić information content (AvgIpc) is 3.41. The first kappa shape index (κ1) is 28.4. The first-order valence-electron chi connectivity index (χ1n) is 13.6. The fourth-order valence-electron chi connectivity index (χ4n) is 5.68. The van der Waals surface area contributed by atoms with E-state index in [1.165, 1.54) is 41.3 Å². The zero-order valence-corrected chi connectivity index (χ0v) is 22.5. The lowest BCUT2D eigenvalue weighted by molar-refractivity contribution is -0.135. The van der Waals surface area contributed by atoms with Gasteiger partial charge in [-0.2, -0.15) is 0 Å². The van der Waals surface area contributed by atoms with Crippen LogP contribution in [0.25, 0.3) is 0 Å². The average molecular weight is 571 g/mol. The highest BCUT2D eigenvalue weighted by atomic mass is 19.2. The standard InChI is InChI=1S/C30H30F4N4O3/c1-2-38(30(40)41-23-7-4-21(31)5-8-23)27-18-37(17-24(27)20-3-9-25(33)26(34)15-20)29(39)19-11-13-36(14-12-19)28-10-6-22(32)16-35-28/h3-10,15-16,19,24,27H,2,11-14,17-18H2,1H3. The Labute approximate surface area is 235 Å².